The number of hydrogen-bond acceptors (Lipinski definition) is 3. The van der Waals surface area contributed by atoms with E-state index < -0.39 is 0 Å². The van der Waals surface area contributed by atoms with E-state index in [2.05, 4.69) is 275 Å². The number of para-hydroxylation sites is 1. The van der Waals surface area contributed by atoms with E-state index in [-0.39, 0.29) is 39.2 Å². The highest BCUT2D eigenvalue weighted by Gasteiger charge is 2.48. The van der Waals surface area contributed by atoms with Gasteiger partial charge < -0.3 is 14.7 Å². The molecule has 0 spiro atoms. The van der Waals surface area contributed by atoms with Crippen LogP contribution in [-0.2, 0) is 32.5 Å². The van der Waals surface area contributed by atoms with Crippen molar-refractivity contribution in [2.75, 3.05) is 14.7 Å². The van der Waals surface area contributed by atoms with E-state index in [1.54, 1.807) is 0 Å². The third-order valence-corrected chi connectivity index (χ3v) is 17.3. The van der Waals surface area contributed by atoms with Crippen molar-refractivity contribution >= 4 is 74.3 Å². The zero-order valence-corrected chi connectivity index (χ0v) is 48.9. The smallest absolute Gasteiger partial charge is 0.252 e. The molecule has 0 bridgehead atoms. The second-order valence-corrected chi connectivity index (χ2v) is 28.1. The first-order valence-electron chi connectivity index (χ1n) is 27.7. The molecular formula is C70H84BN3. The van der Waals surface area contributed by atoms with Gasteiger partial charge in [0.1, 0.15) is 0 Å². The molecule has 0 aromatic heterocycles. The van der Waals surface area contributed by atoms with Crippen LogP contribution < -0.4 is 31.1 Å². The zero-order valence-electron chi connectivity index (χ0n) is 48.9. The number of aryl methyl sites for hydroxylation is 4. The Balaban J connectivity index is 1.36. The summed E-state index contributed by atoms with van der Waals surface area (Å²) in [5.74, 6) is 0. The number of anilines is 9. The summed E-state index contributed by atoms with van der Waals surface area (Å²) < 4.78 is 0. The van der Waals surface area contributed by atoms with Gasteiger partial charge in [0.2, 0.25) is 0 Å². The van der Waals surface area contributed by atoms with Crippen LogP contribution in [0.5, 0.6) is 0 Å². The molecule has 7 aromatic rings. The third-order valence-electron chi connectivity index (χ3n) is 17.3. The highest BCUT2D eigenvalue weighted by atomic mass is 15.2. The quantitative estimate of drug-likeness (QED) is 0.159. The maximum atomic E-state index is 2.73. The molecule has 0 saturated carbocycles. The molecule has 4 heteroatoms. The van der Waals surface area contributed by atoms with E-state index >= 15 is 0 Å². The first kappa shape index (κ1) is 51.5. The molecule has 1 aliphatic carbocycles. The second kappa shape index (κ2) is 17.3. The summed E-state index contributed by atoms with van der Waals surface area (Å²) in [6.45, 7) is 47.5. The molecule has 2 aliphatic heterocycles. The zero-order chi connectivity index (χ0) is 53.6. The lowest BCUT2D eigenvalue weighted by Crippen LogP contribution is -2.62. The minimum atomic E-state index is -0.147. The van der Waals surface area contributed by atoms with Crippen LogP contribution >= 0.6 is 0 Å². The fraction of sp³-hybridized carbons (Fsp3) is 0.400. The standard InChI is InChI=1S/C70H84BN3/c1-43-34-48(66(8,9)10)35-44(2)63(43)73-58-40-53(72(51-24-22-21-23-25-51)52-28-26-47(27-29-52)65(5,6)7)30-31-56(58)71-57-41-54-55(70(19,20)33-32-69(54,17)18)42-59(57)74(61-39-50(68(14,15)16)38-60(73)62(61)71)64-45(3)36-49(37-46(64)4)67(11,12)13/h21-31,34-42H,32-33H2,1-20H3. The van der Waals surface area contributed by atoms with E-state index in [0.29, 0.717) is 0 Å². The van der Waals surface area contributed by atoms with Crippen molar-refractivity contribution in [3.63, 3.8) is 0 Å². The summed E-state index contributed by atoms with van der Waals surface area (Å²) >= 11 is 0. The van der Waals surface area contributed by atoms with Crippen LogP contribution in [-0.4, -0.2) is 6.71 Å². The molecule has 0 fully saturated rings. The molecule has 0 radical (unpaired) electrons. The summed E-state index contributed by atoms with van der Waals surface area (Å²) in [5.41, 5.74) is 28.7. The largest absolute Gasteiger partial charge is 0.311 e. The Morgan fingerprint density at radius 3 is 1.23 bits per heavy atom. The summed E-state index contributed by atoms with van der Waals surface area (Å²) in [7, 11) is 0. The van der Waals surface area contributed by atoms with Gasteiger partial charge in [0.25, 0.3) is 6.71 Å². The third kappa shape index (κ3) is 8.61. The summed E-state index contributed by atoms with van der Waals surface area (Å²) in [4.78, 5) is 7.89. The lowest BCUT2D eigenvalue weighted by Gasteiger charge is -2.48. The highest BCUT2D eigenvalue weighted by Crippen LogP contribution is 2.53. The van der Waals surface area contributed by atoms with Crippen LogP contribution in [0, 0.1) is 27.7 Å². The molecule has 0 atom stereocenters. The molecule has 3 nitrogen and oxygen atoms in total. The van der Waals surface area contributed by atoms with Gasteiger partial charge in [-0.2, -0.15) is 0 Å². The molecule has 2 heterocycles. The Hall–Kier alpha value is -6.00. The van der Waals surface area contributed by atoms with Gasteiger partial charge in [0.05, 0.1) is 11.4 Å². The number of nitrogens with zero attached hydrogens (tertiary/aromatic N) is 3. The summed E-state index contributed by atoms with van der Waals surface area (Å²) in [6, 6.07) is 48.1. The van der Waals surface area contributed by atoms with Crippen molar-refractivity contribution in [1.29, 1.82) is 0 Å². The maximum Gasteiger partial charge on any atom is 0.252 e. The van der Waals surface area contributed by atoms with Crippen LogP contribution in [0.3, 0.4) is 0 Å². The highest BCUT2D eigenvalue weighted by molar-refractivity contribution is 7.00. The van der Waals surface area contributed by atoms with Gasteiger partial charge in [0.15, 0.2) is 0 Å². The van der Waals surface area contributed by atoms with Gasteiger partial charge in [-0.1, -0.05) is 178 Å². The van der Waals surface area contributed by atoms with Gasteiger partial charge in [-0.15, -0.1) is 0 Å². The van der Waals surface area contributed by atoms with Crippen LogP contribution in [0.1, 0.15) is 179 Å². The van der Waals surface area contributed by atoms with E-state index in [9.17, 15) is 0 Å². The fourth-order valence-electron chi connectivity index (χ4n) is 12.7. The van der Waals surface area contributed by atoms with Gasteiger partial charge in [-0.05, 0) is 200 Å². The van der Waals surface area contributed by atoms with Crippen molar-refractivity contribution in [1.82, 2.24) is 0 Å². The Kier molecular flexibility index (Phi) is 12.0. The Morgan fingerprint density at radius 1 is 0.392 bits per heavy atom. The molecule has 10 rings (SSSR count). The number of fused-ring (bicyclic) bond motifs is 5. The molecule has 0 saturated heterocycles. The summed E-state index contributed by atoms with van der Waals surface area (Å²) in [6.07, 6.45) is 2.32. The lowest BCUT2D eigenvalue weighted by atomic mass is 9.33. The van der Waals surface area contributed by atoms with Crippen LogP contribution in [0.15, 0.2) is 121 Å². The predicted octanol–water partition coefficient (Wildman–Crippen LogP) is 18.0. The monoisotopic (exact) mass is 978 g/mol. The van der Waals surface area contributed by atoms with E-state index in [1.165, 1.54) is 106 Å². The van der Waals surface area contributed by atoms with Gasteiger partial charge >= 0.3 is 0 Å². The van der Waals surface area contributed by atoms with Gasteiger partial charge in [0, 0.05) is 39.8 Å². The molecule has 7 aromatic carbocycles. The average molecular weight is 978 g/mol. The van der Waals surface area contributed by atoms with Crippen LogP contribution in [0.2, 0.25) is 0 Å². The number of hydrogen-bond donors (Lipinski definition) is 0. The van der Waals surface area contributed by atoms with Crippen molar-refractivity contribution in [3.05, 3.63) is 177 Å². The minimum Gasteiger partial charge on any atom is -0.311 e. The van der Waals surface area contributed by atoms with Crippen molar-refractivity contribution < 1.29 is 0 Å². The number of benzene rings is 7. The maximum absolute atomic E-state index is 2.73. The predicted molar refractivity (Wildman–Crippen MR) is 324 cm³/mol. The first-order valence-corrected chi connectivity index (χ1v) is 27.7. The molecule has 0 amide bonds. The molecule has 382 valence electrons. The van der Waals surface area contributed by atoms with Crippen molar-refractivity contribution in [2.45, 2.75) is 184 Å². The van der Waals surface area contributed by atoms with E-state index in [0.717, 1.165) is 29.9 Å². The van der Waals surface area contributed by atoms with E-state index in [1.807, 2.05) is 0 Å². The number of rotatable bonds is 5. The fourth-order valence-corrected chi connectivity index (χ4v) is 12.7. The normalized spacial score (nSPS) is 15.9. The Labute approximate surface area is 447 Å². The van der Waals surface area contributed by atoms with Gasteiger partial charge in [-0.25, -0.2) is 0 Å². The van der Waals surface area contributed by atoms with Crippen LogP contribution in [0.25, 0.3) is 0 Å². The van der Waals surface area contributed by atoms with Crippen molar-refractivity contribution in [3.8, 4) is 0 Å². The minimum absolute atomic E-state index is 0.000111. The molecule has 3 aliphatic rings. The topological polar surface area (TPSA) is 9.72 Å². The van der Waals surface area contributed by atoms with E-state index in [4.69, 9.17) is 0 Å². The van der Waals surface area contributed by atoms with Crippen LogP contribution in [0.4, 0.5) is 51.2 Å². The van der Waals surface area contributed by atoms with Gasteiger partial charge in [-0.3, -0.25) is 0 Å². The summed E-state index contributed by atoms with van der Waals surface area (Å²) in [5, 5.41) is 0. The average Bonchev–Trinajstić information content (AvgIpc) is 3.30. The molecule has 0 unspecified atom stereocenters. The lowest BCUT2D eigenvalue weighted by molar-refractivity contribution is 0.332. The first-order chi connectivity index (χ1) is 34.4. The second-order valence-electron chi connectivity index (χ2n) is 28.1. The SMILES string of the molecule is Cc1cc(C(C)(C)C)cc(C)c1N1c2cc(N(c3ccccc3)c3ccc(C(C)(C)C)cc3)ccc2B2c3cc4c(cc3N(c3c(C)cc(C(C)(C)C)cc3C)c3cc(C(C)(C)C)cc1c32)C(C)(C)CCC4(C)C. The Bertz CT molecular complexity index is 3310. The van der Waals surface area contributed by atoms with Crippen molar-refractivity contribution in [2.24, 2.45) is 0 Å². The Morgan fingerprint density at radius 2 is 0.784 bits per heavy atom. The molecular weight excluding hydrogens is 894 g/mol. The molecule has 0 N–H and O–H groups in total. The molecule has 74 heavy (non-hydrogen) atoms.